The number of H-pyrrole nitrogens is 4. The Morgan fingerprint density at radius 2 is 0.511 bits per heavy atom. The Morgan fingerprint density at radius 1 is 0.234 bits per heavy atom. The minimum absolute atomic E-state index is 0. The van der Waals surface area contributed by atoms with E-state index in [0.717, 1.165) is 107 Å². The van der Waals surface area contributed by atoms with Gasteiger partial charge in [-0.1, -0.05) is 276 Å². The van der Waals surface area contributed by atoms with Crippen LogP contribution in [0.5, 0.6) is 23.0 Å². The Labute approximate surface area is 554 Å². The molecule has 0 atom stereocenters. The van der Waals surface area contributed by atoms with Crippen LogP contribution in [0.3, 0.4) is 0 Å². The minimum atomic E-state index is -0.0542. The first kappa shape index (κ1) is 61.2. The largest absolute Gasteiger partial charge is 2.00 e. The van der Waals surface area contributed by atoms with E-state index in [-0.39, 0.29) is 43.2 Å². The van der Waals surface area contributed by atoms with Crippen molar-refractivity contribution in [3.63, 3.8) is 0 Å². The zero-order valence-electron chi connectivity index (χ0n) is 50.4. The number of rotatable bonds is 6. The molecular formula is C80H52Be2N4O6S2+4. The van der Waals surface area contributed by atoms with Crippen molar-refractivity contribution in [2.24, 2.45) is 0 Å². The molecule has 440 valence electrons. The first-order chi connectivity index (χ1) is 45.3. The number of hydrogen-bond donors (Lipinski definition) is 0. The van der Waals surface area contributed by atoms with Crippen LogP contribution in [-0.2, 0) is 0 Å². The van der Waals surface area contributed by atoms with E-state index in [1.54, 1.807) is 83.3 Å². The molecule has 18 aromatic rings. The molecule has 0 radical (unpaired) electrons. The first-order valence-electron chi connectivity index (χ1n) is 29.9. The van der Waals surface area contributed by atoms with Crippen molar-refractivity contribution in [3.8, 4) is 89.3 Å². The summed E-state index contributed by atoms with van der Waals surface area (Å²) >= 11 is 3.24. The molecule has 0 bridgehead atoms. The van der Waals surface area contributed by atoms with Crippen LogP contribution >= 0.6 is 22.7 Å². The van der Waals surface area contributed by atoms with Gasteiger partial charge in [-0.15, -0.1) is 0 Å². The van der Waals surface area contributed by atoms with E-state index < -0.39 is 0 Å². The van der Waals surface area contributed by atoms with Crippen molar-refractivity contribution < 1.29 is 49.2 Å². The molecule has 0 saturated carbocycles. The van der Waals surface area contributed by atoms with Gasteiger partial charge in [0.1, 0.15) is 9.40 Å². The average molecular weight is 1250 g/mol. The summed E-state index contributed by atoms with van der Waals surface area (Å²) in [6.07, 6.45) is 0. The first-order valence-corrected chi connectivity index (χ1v) is 31.5. The zero-order chi connectivity index (χ0) is 62.1. The van der Waals surface area contributed by atoms with Gasteiger partial charge in [-0.25, -0.2) is 0 Å². The molecule has 10 nitrogen and oxygen atoms in total. The number of para-hydroxylation sites is 6. The molecule has 0 fully saturated rings. The third-order valence-electron chi connectivity index (χ3n) is 16.3. The quantitative estimate of drug-likeness (QED) is 0.118. The fraction of sp³-hybridized carbons (Fsp3) is 0. The number of oxazole rings is 2. The molecule has 14 heteroatoms. The van der Waals surface area contributed by atoms with Crippen LogP contribution in [0.15, 0.2) is 300 Å². The molecule has 0 saturated heterocycles. The Hall–Kier alpha value is -11.6. The van der Waals surface area contributed by atoms with Gasteiger partial charge >= 0.3 is 32.0 Å². The Balaban J connectivity index is 0.000000113. The van der Waals surface area contributed by atoms with E-state index >= 15 is 0 Å². The number of thiazole rings is 2. The van der Waals surface area contributed by atoms with Crippen LogP contribution in [0.2, 0.25) is 0 Å². The van der Waals surface area contributed by atoms with Crippen LogP contribution in [0.25, 0.3) is 152 Å². The molecule has 0 amide bonds. The van der Waals surface area contributed by atoms with Crippen molar-refractivity contribution in [1.29, 1.82) is 0 Å². The SMILES string of the molecule is [Be+2].[Be+2].[O-]c1ccccc1-c1[nH+]c2c(-c3ccccc3)cccc2s1.[O-]c1ccccc1-c1[nH+]c2c(-c3ccccc3)cccc2s1.[O-]c1ccccc1-c1[nH+]c2c3ccccc3c3ccccc3c2o1.[O-]c1ccccc1-c1[nH+]c2c3ccccc3c3ccccc3c2o1. The van der Waals surface area contributed by atoms with Gasteiger partial charge in [0, 0.05) is 21.9 Å². The predicted molar refractivity (Wildman–Crippen MR) is 374 cm³/mol. The number of aromatic nitrogens is 4. The molecule has 0 spiro atoms. The van der Waals surface area contributed by atoms with Crippen molar-refractivity contribution in [3.05, 3.63) is 291 Å². The second-order valence-corrected chi connectivity index (χ2v) is 24.0. The van der Waals surface area contributed by atoms with Gasteiger partial charge in [0.05, 0.1) is 33.0 Å². The Bertz CT molecular complexity index is 5260. The summed E-state index contributed by atoms with van der Waals surface area (Å²) in [6.45, 7) is 0. The van der Waals surface area contributed by atoms with Gasteiger partial charge in [0.15, 0.2) is 0 Å². The maximum atomic E-state index is 12.1. The predicted octanol–water partition coefficient (Wildman–Crippen LogP) is 16.1. The summed E-state index contributed by atoms with van der Waals surface area (Å²) in [7, 11) is 0. The molecule has 0 aliphatic carbocycles. The molecule has 0 unspecified atom stereocenters. The third kappa shape index (κ3) is 11.7. The van der Waals surface area contributed by atoms with Gasteiger partial charge in [-0.2, -0.15) is 19.9 Å². The molecule has 14 aromatic carbocycles. The average Bonchev–Trinajstić information content (AvgIpc) is 1.47. The van der Waals surface area contributed by atoms with Gasteiger partial charge in [0.2, 0.25) is 22.2 Å². The van der Waals surface area contributed by atoms with Crippen molar-refractivity contribution in [2.75, 3.05) is 0 Å². The van der Waals surface area contributed by atoms with E-state index in [9.17, 15) is 20.4 Å². The van der Waals surface area contributed by atoms with Crippen LogP contribution in [0, 0.1) is 0 Å². The maximum Gasteiger partial charge on any atom is 2.00 e. The fourth-order valence-electron chi connectivity index (χ4n) is 12.0. The van der Waals surface area contributed by atoms with E-state index in [0.29, 0.717) is 22.9 Å². The molecule has 0 aliphatic heterocycles. The Morgan fingerprint density at radius 3 is 0.862 bits per heavy atom. The summed E-state index contributed by atoms with van der Waals surface area (Å²) in [5.74, 6) is 0.982. The van der Waals surface area contributed by atoms with Crippen molar-refractivity contribution in [1.82, 2.24) is 0 Å². The van der Waals surface area contributed by atoms with Crippen LogP contribution in [0.1, 0.15) is 0 Å². The van der Waals surface area contributed by atoms with Crippen LogP contribution in [0.4, 0.5) is 0 Å². The molecule has 18 rings (SSSR count). The summed E-state index contributed by atoms with van der Waals surface area (Å²) in [5.41, 5.74) is 12.7. The summed E-state index contributed by atoms with van der Waals surface area (Å²) < 4.78 is 14.5. The Kier molecular flexibility index (Phi) is 17.4. The van der Waals surface area contributed by atoms with Gasteiger partial charge in [0.25, 0.3) is 21.0 Å². The van der Waals surface area contributed by atoms with Gasteiger partial charge in [-0.05, 0) is 93.3 Å². The van der Waals surface area contributed by atoms with Crippen molar-refractivity contribution in [2.45, 2.75) is 0 Å². The van der Waals surface area contributed by atoms with E-state index in [1.807, 2.05) is 133 Å². The number of benzene rings is 14. The van der Waals surface area contributed by atoms with E-state index in [4.69, 9.17) is 8.83 Å². The normalized spacial score (nSPS) is 11.0. The van der Waals surface area contributed by atoms with Crippen LogP contribution in [-0.4, -0.2) is 20.2 Å². The summed E-state index contributed by atoms with van der Waals surface area (Å²) in [5, 5.41) is 59.0. The molecule has 4 aromatic heterocycles. The molecular weight excluding hydrogens is 1200 g/mol. The number of hydrogen-bond acceptors (Lipinski definition) is 8. The third-order valence-corrected chi connectivity index (χ3v) is 18.5. The number of nitrogens with one attached hydrogen (secondary N) is 4. The zero-order valence-corrected chi connectivity index (χ0v) is 52.0. The maximum absolute atomic E-state index is 12.1. The topological polar surface area (TPSA) is 175 Å². The monoisotopic (exact) mass is 1250 g/mol. The molecule has 94 heavy (non-hydrogen) atoms. The summed E-state index contributed by atoms with van der Waals surface area (Å²) in [4.78, 5) is 13.5. The molecule has 4 heterocycles. The number of fused-ring (bicyclic) bond motifs is 14. The van der Waals surface area contributed by atoms with Gasteiger partial charge in [-0.3, -0.25) is 0 Å². The van der Waals surface area contributed by atoms with Crippen LogP contribution < -0.4 is 40.4 Å². The van der Waals surface area contributed by atoms with Gasteiger partial charge < -0.3 is 29.3 Å². The second-order valence-electron chi connectivity index (χ2n) is 21.9. The van der Waals surface area contributed by atoms with E-state index in [1.165, 1.54) is 21.9 Å². The number of aromatic amines is 4. The van der Waals surface area contributed by atoms with E-state index in [2.05, 4.69) is 117 Å². The fourth-order valence-corrected chi connectivity index (χ4v) is 14.1. The molecule has 0 aliphatic rings. The smallest absolute Gasteiger partial charge is 0.872 e. The standard InChI is InChI=1S/2C21H13NO2.2C19H13NOS.2Be/c2*23-18-12-6-5-11-17(18)21-22-19-15-9-3-1-7-13(15)14-8-2-4-10-16(14)20(19)24-21;2*21-16-11-5-4-9-15(16)19-20-18-14(10-6-12-17(18)22-19)13-7-2-1-3-8-13;;/h2*1-12,23H;2*1-12,21H;;/q;;;;2*+2. The van der Waals surface area contributed by atoms with Crippen molar-refractivity contribution >= 4 is 129 Å². The summed E-state index contributed by atoms with van der Waals surface area (Å²) in [6, 6.07) is 94.0. The minimum Gasteiger partial charge on any atom is -0.872 e. The molecule has 4 N–H and O–H groups in total. The second kappa shape index (κ2) is 26.7.